The van der Waals surface area contributed by atoms with Gasteiger partial charge in [0.15, 0.2) is 0 Å². The molecule has 0 saturated carbocycles. The summed E-state index contributed by atoms with van der Waals surface area (Å²) < 4.78 is 10.3. The molecule has 1 N–H and O–H groups in total. The van der Waals surface area contributed by atoms with Crippen LogP contribution in [-0.4, -0.2) is 18.1 Å². The van der Waals surface area contributed by atoms with Crippen molar-refractivity contribution < 1.29 is 13.9 Å². The summed E-state index contributed by atoms with van der Waals surface area (Å²) in [6.07, 6.45) is 0. The van der Waals surface area contributed by atoms with Gasteiger partial charge >= 0.3 is 0 Å². The molecule has 0 spiro atoms. The molecule has 1 saturated heterocycles. The maximum absolute atomic E-state index is 9.83. The molecule has 4 heteroatoms. The average molecular weight is 185 g/mol. The lowest BCUT2D eigenvalue weighted by molar-refractivity contribution is 0.327. The second-order valence-electron chi connectivity index (χ2n) is 2.52. The molecule has 12 heavy (non-hydrogen) atoms. The second-order valence-corrected chi connectivity index (χ2v) is 4.60. The Morgan fingerprint density at radius 1 is 1.08 bits per heavy atom. The van der Waals surface area contributed by atoms with Gasteiger partial charge in [0.25, 0.3) is 7.94 Å². The van der Waals surface area contributed by atoms with Crippen LogP contribution in [0.5, 0.6) is 0 Å². The van der Waals surface area contributed by atoms with E-state index in [1.54, 1.807) is 0 Å². The van der Waals surface area contributed by atoms with Gasteiger partial charge in [-0.15, -0.1) is 0 Å². The number of hydrogen-bond acceptors (Lipinski definition) is 3. The fourth-order valence-corrected chi connectivity index (χ4v) is 2.69. The molecule has 1 radical (unpaired) electrons. The minimum Gasteiger partial charge on any atom is -0.332 e. The van der Waals surface area contributed by atoms with Gasteiger partial charge in [-0.2, -0.15) is 0 Å². The Bertz CT molecular complexity index is 256. The zero-order valence-electron chi connectivity index (χ0n) is 6.51. The molecule has 1 aliphatic rings. The zero-order chi connectivity index (χ0) is 8.44. The minimum atomic E-state index is -2.67. The van der Waals surface area contributed by atoms with Gasteiger partial charge in [0.1, 0.15) is 0 Å². The Morgan fingerprint density at radius 3 is 2.25 bits per heavy atom. The predicted molar refractivity (Wildman–Crippen MR) is 47.1 cm³/mol. The maximum atomic E-state index is 9.83. The Balaban J connectivity index is 2.29. The van der Waals surface area contributed by atoms with Crippen molar-refractivity contribution in [3.8, 4) is 0 Å². The lowest BCUT2D eigenvalue weighted by Crippen LogP contribution is -2.09. The summed E-state index contributed by atoms with van der Waals surface area (Å²) in [7, 11) is -2.67. The first kappa shape index (κ1) is 8.14. The van der Waals surface area contributed by atoms with Crippen LogP contribution in [0.2, 0.25) is 0 Å². The molecule has 0 atom stereocenters. The molecule has 1 aromatic carbocycles. The maximum Gasteiger partial charge on any atom is 0.262 e. The Kier molecular flexibility index (Phi) is 2.11. The van der Waals surface area contributed by atoms with E-state index in [0.29, 0.717) is 13.2 Å². The average Bonchev–Trinajstić information content (AvgIpc) is 2.55. The lowest BCUT2D eigenvalue weighted by Gasteiger charge is -2.21. The van der Waals surface area contributed by atoms with Crippen LogP contribution in [-0.2, 0) is 9.05 Å². The monoisotopic (exact) mass is 185 g/mol. The van der Waals surface area contributed by atoms with Crippen LogP contribution in [0, 0.1) is 0 Å². The van der Waals surface area contributed by atoms with E-state index < -0.39 is 7.94 Å². The van der Waals surface area contributed by atoms with Crippen molar-refractivity contribution in [2.45, 2.75) is 0 Å². The summed E-state index contributed by atoms with van der Waals surface area (Å²) in [4.78, 5) is 9.83. The van der Waals surface area contributed by atoms with Crippen molar-refractivity contribution in [3.63, 3.8) is 0 Å². The van der Waals surface area contributed by atoms with Crippen LogP contribution in [0.4, 0.5) is 0 Å². The quantitative estimate of drug-likeness (QED) is 0.666. The molecular weight excluding hydrogens is 175 g/mol. The molecule has 3 nitrogen and oxygen atoms in total. The molecule has 65 valence electrons. The first-order valence-electron chi connectivity index (χ1n) is 3.78. The molecule has 1 heterocycles. The van der Waals surface area contributed by atoms with Crippen molar-refractivity contribution in [1.29, 1.82) is 0 Å². The van der Waals surface area contributed by atoms with Crippen molar-refractivity contribution in [3.05, 3.63) is 30.3 Å². The summed E-state index contributed by atoms with van der Waals surface area (Å²) in [5, 5.41) is 0.752. The zero-order valence-corrected chi connectivity index (χ0v) is 7.41. The Morgan fingerprint density at radius 2 is 1.67 bits per heavy atom. The normalized spacial score (nSPS) is 21.1. The molecule has 0 unspecified atom stereocenters. The molecule has 0 aliphatic carbocycles. The SMILES string of the molecule is O[P]1(c2ccccc2)OCCO1. The van der Waals surface area contributed by atoms with Crippen LogP contribution in [0.15, 0.2) is 30.3 Å². The highest BCUT2D eigenvalue weighted by Crippen LogP contribution is 2.58. The van der Waals surface area contributed by atoms with Crippen LogP contribution in [0.3, 0.4) is 0 Å². The van der Waals surface area contributed by atoms with E-state index in [9.17, 15) is 4.89 Å². The summed E-state index contributed by atoms with van der Waals surface area (Å²) >= 11 is 0. The minimum absolute atomic E-state index is 0.485. The summed E-state index contributed by atoms with van der Waals surface area (Å²) in [5.41, 5.74) is 0. The van der Waals surface area contributed by atoms with Gasteiger partial charge in [-0.05, 0) is 12.1 Å². The molecule has 1 fully saturated rings. The van der Waals surface area contributed by atoms with Gasteiger partial charge in [-0.1, -0.05) is 18.2 Å². The van der Waals surface area contributed by atoms with Crippen LogP contribution < -0.4 is 5.30 Å². The fourth-order valence-electron chi connectivity index (χ4n) is 1.12. The van der Waals surface area contributed by atoms with Gasteiger partial charge in [0.05, 0.1) is 13.2 Å². The van der Waals surface area contributed by atoms with Gasteiger partial charge in [0.2, 0.25) is 0 Å². The van der Waals surface area contributed by atoms with E-state index in [2.05, 4.69) is 0 Å². The molecule has 1 aromatic rings. The van der Waals surface area contributed by atoms with Gasteiger partial charge < -0.3 is 13.9 Å². The Labute approximate surface area is 71.5 Å². The first-order valence-corrected chi connectivity index (χ1v) is 5.35. The van der Waals surface area contributed by atoms with Gasteiger partial charge in [-0.25, -0.2) is 0 Å². The highest BCUT2D eigenvalue weighted by molar-refractivity contribution is 7.68. The molecule has 2 rings (SSSR count). The van der Waals surface area contributed by atoms with E-state index >= 15 is 0 Å². The molecule has 0 amide bonds. The fraction of sp³-hybridized carbons (Fsp3) is 0.250. The van der Waals surface area contributed by atoms with Crippen molar-refractivity contribution in [2.75, 3.05) is 13.2 Å². The topological polar surface area (TPSA) is 38.7 Å². The van der Waals surface area contributed by atoms with Crippen LogP contribution >= 0.6 is 7.94 Å². The second kappa shape index (κ2) is 3.11. The standard InChI is InChI=1S/C8H10O3P/c9-12(10-6-7-11-12)8-4-2-1-3-5-8/h1-5,9H,6-7H2. The number of hydrogen-bond donors (Lipinski definition) is 1. The number of rotatable bonds is 1. The third kappa shape index (κ3) is 1.37. The van der Waals surface area contributed by atoms with E-state index in [1.165, 1.54) is 0 Å². The molecule has 0 bridgehead atoms. The third-order valence-corrected chi connectivity index (χ3v) is 3.71. The van der Waals surface area contributed by atoms with Crippen molar-refractivity contribution >= 4 is 13.2 Å². The van der Waals surface area contributed by atoms with E-state index in [1.807, 2.05) is 30.3 Å². The first-order chi connectivity index (χ1) is 5.81. The highest BCUT2D eigenvalue weighted by Gasteiger charge is 2.34. The van der Waals surface area contributed by atoms with Crippen molar-refractivity contribution in [1.82, 2.24) is 0 Å². The molecular formula is C8H10O3P. The van der Waals surface area contributed by atoms with Gasteiger partial charge in [0, 0.05) is 5.30 Å². The van der Waals surface area contributed by atoms with Crippen LogP contribution in [0.25, 0.3) is 0 Å². The van der Waals surface area contributed by atoms with E-state index in [0.717, 1.165) is 5.30 Å². The predicted octanol–water partition coefficient (Wildman–Crippen LogP) is 1.11. The molecule has 0 aromatic heterocycles. The summed E-state index contributed by atoms with van der Waals surface area (Å²) in [6.45, 7) is 0.971. The Hall–Kier alpha value is -0.470. The summed E-state index contributed by atoms with van der Waals surface area (Å²) in [5.74, 6) is 0. The van der Waals surface area contributed by atoms with E-state index in [4.69, 9.17) is 9.05 Å². The number of benzene rings is 1. The van der Waals surface area contributed by atoms with Crippen molar-refractivity contribution in [2.24, 2.45) is 0 Å². The highest BCUT2D eigenvalue weighted by atomic mass is 31.2. The van der Waals surface area contributed by atoms with Gasteiger partial charge in [-0.3, -0.25) is 0 Å². The molecule has 1 aliphatic heterocycles. The largest absolute Gasteiger partial charge is 0.332 e. The third-order valence-electron chi connectivity index (χ3n) is 1.70. The lowest BCUT2D eigenvalue weighted by atomic mass is 10.4. The smallest absolute Gasteiger partial charge is 0.262 e. The summed E-state index contributed by atoms with van der Waals surface area (Å²) in [6, 6.07) is 9.25. The van der Waals surface area contributed by atoms with Crippen LogP contribution in [0.1, 0.15) is 0 Å². The van der Waals surface area contributed by atoms with E-state index in [-0.39, 0.29) is 0 Å².